The number of carbonyl (C=O) groups excluding carboxylic acids is 1. The van der Waals surface area contributed by atoms with Gasteiger partial charge in [0.15, 0.2) is 0 Å². The summed E-state index contributed by atoms with van der Waals surface area (Å²) >= 11 is 0. The van der Waals surface area contributed by atoms with Crippen LogP contribution in [0.15, 0.2) is 0 Å². The van der Waals surface area contributed by atoms with E-state index < -0.39 is 0 Å². The molecule has 1 amide bonds. The van der Waals surface area contributed by atoms with Gasteiger partial charge in [-0.3, -0.25) is 9.69 Å². The molecule has 1 heterocycles. The maximum Gasteiger partial charge on any atom is 0.223 e. The van der Waals surface area contributed by atoms with Crippen molar-refractivity contribution in [2.24, 2.45) is 17.8 Å². The zero-order valence-corrected chi connectivity index (χ0v) is 11.5. The van der Waals surface area contributed by atoms with E-state index in [0.717, 1.165) is 38.3 Å². The summed E-state index contributed by atoms with van der Waals surface area (Å²) in [6.07, 6.45) is 7.02. The third kappa shape index (κ3) is 2.76. The zero-order valence-electron chi connectivity index (χ0n) is 11.5. The van der Waals surface area contributed by atoms with E-state index >= 15 is 0 Å². The lowest BCUT2D eigenvalue weighted by atomic mass is 9.87. The Balaban J connectivity index is 1.45. The predicted octanol–water partition coefficient (Wildman–Crippen LogP) is 1.53. The van der Waals surface area contributed by atoms with Crippen molar-refractivity contribution in [2.45, 2.75) is 44.6 Å². The number of amides is 1. The summed E-state index contributed by atoms with van der Waals surface area (Å²) in [4.78, 5) is 14.5. The largest absolute Gasteiger partial charge is 0.353 e. The lowest BCUT2D eigenvalue weighted by Gasteiger charge is -2.32. The second kappa shape index (κ2) is 5.50. The van der Waals surface area contributed by atoms with Crippen molar-refractivity contribution in [3.8, 4) is 6.07 Å². The minimum absolute atomic E-state index is 0.302. The van der Waals surface area contributed by atoms with Crippen LogP contribution < -0.4 is 5.32 Å². The van der Waals surface area contributed by atoms with E-state index in [1.54, 1.807) is 0 Å². The highest BCUT2D eigenvalue weighted by molar-refractivity contribution is 5.79. The average molecular weight is 261 g/mol. The molecule has 2 saturated carbocycles. The highest BCUT2D eigenvalue weighted by atomic mass is 16.2. The third-order valence-corrected chi connectivity index (χ3v) is 5.30. The highest BCUT2D eigenvalue weighted by Gasteiger charge is 2.43. The van der Waals surface area contributed by atoms with Gasteiger partial charge < -0.3 is 5.32 Å². The van der Waals surface area contributed by atoms with Crippen molar-refractivity contribution >= 4 is 5.91 Å². The van der Waals surface area contributed by atoms with Gasteiger partial charge in [0.25, 0.3) is 0 Å². The average Bonchev–Trinajstić information content (AvgIpc) is 3.04. The topological polar surface area (TPSA) is 56.1 Å². The Morgan fingerprint density at radius 3 is 2.58 bits per heavy atom. The minimum atomic E-state index is 0.302. The molecule has 3 aliphatic rings. The first-order chi connectivity index (χ1) is 9.26. The van der Waals surface area contributed by atoms with Crippen LogP contribution in [0.25, 0.3) is 0 Å². The van der Waals surface area contributed by atoms with Crippen molar-refractivity contribution in [3.05, 3.63) is 0 Å². The SMILES string of the molecule is N#CCN1CCC(NC(=O)C2CC3CCC2C3)CC1. The van der Waals surface area contributed by atoms with E-state index in [0.29, 0.717) is 30.3 Å². The predicted molar refractivity (Wildman–Crippen MR) is 72.2 cm³/mol. The molecule has 0 radical (unpaired) electrons. The van der Waals surface area contributed by atoms with Gasteiger partial charge in [-0.25, -0.2) is 0 Å². The molecule has 3 fully saturated rings. The molecule has 3 unspecified atom stereocenters. The Kier molecular flexibility index (Phi) is 3.74. The van der Waals surface area contributed by atoms with E-state index in [-0.39, 0.29) is 0 Å². The van der Waals surface area contributed by atoms with Crippen molar-refractivity contribution < 1.29 is 4.79 Å². The summed E-state index contributed by atoms with van der Waals surface area (Å²) in [6, 6.07) is 2.53. The van der Waals surface area contributed by atoms with Gasteiger partial charge in [0.2, 0.25) is 5.91 Å². The molecule has 2 aliphatic carbocycles. The standard InChI is InChI=1S/C15H23N3O/c16-5-8-18-6-3-13(4-7-18)17-15(19)14-10-11-1-2-12(14)9-11/h11-14H,1-4,6-10H2,(H,17,19). The Bertz CT molecular complexity index is 381. The third-order valence-electron chi connectivity index (χ3n) is 5.30. The van der Waals surface area contributed by atoms with Crippen LogP contribution in [0.5, 0.6) is 0 Å². The molecule has 4 nitrogen and oxygen atoms in total. The molecule has 3 rings (SSSR count). The van der Waals surface area contributed by atoms with Crippen LogP contribution in [0.3, 0.4) is 0 Å². The van der Waals surface area contributed by atoms with Gasteiger partial charge >= 0.3 is 0 Å². The number of hydrogen-bond donors (Lipinski definition) is 1. The maximum atomic E-state index is 12.3. The van der Waals surface area contributed by atoms with Crippen LogP contribution in [0, 0.1) is 29.1 Å². The second-order valence-electron chi connectivity index (χ2n) is 6.50. The number of likely N-dealkylation sites (tertiary alicyclic amines) is 1. The fraction of sp³-hybridized carbons (Fsp3) is 0.867. The van der Waals surface area contributed by atoms with Gasteiger partial charge in [0.05, 0.1) is 12.6 Å². The number of piperidine rings is 1. The lowest BCUT2D eigenvalue weighted by molar-refractivity contribution is -0.127. The van der Waals surface area contributed by atoms with Gasteiger partial charge in [0.1, 0.15) is 0 Å². The number of nitrogens with one attached hydrogen (secondary N) is 1. The van der Waals surface area contributed by atoms with Crippen molar-refractivity contribution in [1.29, 1.82) is 5.26 Å². The van der Waals surface area contributed by atoms with Crippen LogP contribution >= 0.6 is 0 Å². The molecule has 3 atom stereocenters. The monoisotopic (exact) mass is 261 g/mol. The molecular formula is C15H23N3O. The van der Waals surface area contributed by atoms with Gasteiger partial charge in [-0.15, -0.1) is 0 Å². The first-order valence-corrected chi connectivity index (χ1v) is 7.66. The molecule has 104 valence electrons. The highest BCUT2D eigenvalue weighted by Crippen LogP contribution is 2.48. The van der Waals surface area contributed by atoms with E-state index in [4.69, 9.17) is 5.26 Å². The summed E-state index contributed by atoms with van der Waals surface area (Å²) < 4.78 is 0. The first kappa shape index (κ1) is 12.9. The fourth-order valence-corrected chi connectivity index (χ4v) is 4.21. The van der Waals surface area contributed by atoms with Gasteiger partial charge in [-0.1, -0.05) is 6.42 Å². The molecule has 1 N–H and O–H groups in total. The summed E-state index contributed by atoms with van der Waals surface area (Å²) in [5.74, 6) is 2.11. The molecule has 1 aliphatic heterocycles. The lowest BCUT2D eigenvalue weighted by Crippen LogP contribution is -2.47. The molecule has 19 heavy (non-hydrogen) atoms. The number of rotatable bonds is 3. The quantitative estimate of drug-likeness (QED) is 0.784. The number of carbonyl (C=O) groups is 1. The van der Waals surface area contributed by atoms with E-state index in [1.807, 2.05) is 0 Å². The van der Waals surface area contributed by atoms with E-state index in [9.17, 15) is 4.79 Å². The summed E-state index contributed by atoms with van der Waals surface area (Å²) in [5, 5.41) is 11.9. The Morgan fingerprint density at radius 2 is 2.00 bits per heavy atom. The molecule has 0 spiro atoms. The molecule has 2 bridgehead atoms. The van der Waals surface area contributed by atoms with Crippen molar-refractivity contribution in [2.75, 3.05) is 19.6 Å². The first-order valence-electron chi connectivity index (χ1n) is 7.66. The Hall–Kier alpha value is -1.08. The molecule has 0 aromatic rings. The van der Waals surface area contributed by atoms with Gasteiger partial charge in [-0.2, -0.15) is 5.26 Å². The Labute approximate surface area is 115 Å². The zero-order chi connectivity index (χ0) is 13.2. The van der Waals surface area contributed by atoms with Gasteiger partial charge in [0, 0.05) is 25.0 Å². The van der Waals surface area contributed by atoms with Crippen molar-refractivity contribution in [1.82, 2.24) is 10.2 Å². The fourth-order valence-electron chi connectivity index (χ4n) is 4.21. The molecule has 1 saturated heterocycles. The van der Waals surface area contributed by atoms with Crippen LogP contribution in [0.1, 0.15) is 38.5 Å². The Morgan fingerprint density at radius 1 is 1.21 bits per heavy atom. The maximum absolute atomic E-state index is 12.3. The van der Waals surface area contributed by atoms with Crippen LogP contribution in [-0.2, 0) is 4.79 Å². The normalized spacial score (nSPS) is 35.2. The second-order valence-corrected chi connectivity index (χ2v) is 6.50. The van der Waals surface area contributed by atoms with Crippen molar-refractivity contribution in [3.63, 3.8) is 0 Å². The molecule has 0 aromatic heterocycles. The smallest absolute Gasteiger partial charge is 0.223 e. The number of fused-ring (bicyclic) bond motifs is 2. The van der Waals surface area contributed by atoms with E-state index in [1.165, 1.54) is 19.3 Å². The molecule has 4 heteroatoms. The molecular weight excluding hydrogens is 238 g/mol. The van der Waals surface area contributed by atoms with E-state index in [2.05, 4.69) is 16.3 Å². The summed E-state index contributed by atoms with van der Waals surface area (Å²) in [5.41, 5.74) is 0. The number of nitrogens with zero attached hydrogens (tertiary/aromatic N) is 2. The summed E-state index contributed by atoms with van der Waals surface area (Å²) in [7, 11) is 0. The van der Waals surface area contributed by atoms with Gasteiger partial charge in [-0.05, 0) is 43.9 Å². The van der Waals surface area contributed by atoms with Crippen LogP contribution in [0.4, 0.5) is 0 Å². The van der Waals surface area contributed by atoms with Crippen LogP contribution in [0.2, 0.25) is 0 Å². The number of hydrogen-bond acceptors (Lipinski definition) is 3. The minimum Gasteiger partial charge on any atom is -0.353 e. The summed E-state index contributed by atoms with van der Waals surface area (Å²) in [6.45, 7) is 2.40. The molecule has 0 aromatic carbocycles. The number of nitriles is 1. The van der Waals surface area contributed by atoms with Crippen LogP contribution in [-0.4, -0.2) is 36.5 Å².